The summed E-state index contributed by atoms with van der Waals surface area (Å²) in [6.07, 6.45) is -0.266. The van der Waals surface area contributed by atoms with E-state index in [0.29, 0.717) is 12.4 Å². The number of hydrogen-bond acceptors (Lipinski definition) is 5. The molecule has 0 unspecified atom stereocenters. The number of nitrogens with one attached hydrogen (secondary N) is 1. The molecule has 140 valence electrons. The van der Waals surface area contributed by atoms with Crippen molar-refractivity contribution in [2.24, 2.45) is 0 Å². The van der Waals surface area contributed by atoms with Crippen LogP contribution in [0, 0.1) is 0 Å². The van der Waals surface area contributed by atoms with Gasteiger partial charge in [0, 0.05) is 31.5 Å². The molecule has 0 saturated carbocycles. The fraction of sp³-hybridized carbons (Fsp3) is 0.278. The minimum absolute atomic E-state index is 0.113. The van der Waals surface area contributed by atoms with Gasteiger partial charge in [-0.15, -0.1) is 0 Å². The van der Waals surface area contributed by atoms with Gasteiger partial charge in [0.05, 0.1) is 0 Å². The first-order valence-electron chi connectivity index (χ1n) is 8.49. The van der Waals surface area contributed by atoms with Crippen molar-refractivity contribution in [3.8, 4) is 5.95 Å². The number of fused-ring (bicyclic) bond motifs is 1. The molecule has 2 aromatic heterocycles. The summed E-state index contributed by atoms with van der Waals surface area (Å²) in [7, 11) is 0. The first-order chi connectivity index (χ1) is 13.0. The Morgan fingerprint density at radius 1 is 1.07 bits per heavy atom. The van der Waals surface area contributed by atoms with Crippen molar-refractivity contribution in [1.29, 1.82) is 0 Å². The van der Waals surface area contributed by atoms with Crippen LogP contribution in [0.2, 0.25) is 0 Å². The molecule has 1 aliphatic rings. The van der Waals surface area contributed by atoms with E-state index in [0.717, 1.165) is 13.0 Å². The third-order valence-corrected chi connectivity index (χ3v) is 4.33. The van der Waals surface area contributed by atoms with Crippen molar-refractivity contribution in [3.63, 3.8) is 0 Å². The van der Waals surface area contributed by atoms with Crippen LogP contribution in [-0.4, -0.2) is 39.0 Å². The Kier molecular flexibility index (Phi) is 4.43. The van der Waals surface area contributed by atoms with Crippen molar-refractivity contribution in [2.75, 3.05) is 23.3 Å². The second-order valence-corrected chi connectivity index (χ2v) is 6.27. The second-order valence-electron chi connectivity index (χ2n) is 6.27. The zero-order valence-electron chi connectivity index (χ0n) is 14.3. The Hall–Kier alpha value is -3.10. The first-order valence-corrected chi connectivity index (χ1v) is 8.49. The summed E-state index contributed by atoms with van der Waals surface area (Å²) in [5.74, 6) is 0.900. The Morgan fingerprint density at radius 3 is 2.63 bits per heavy atom. The van der Waals surface area contributed by atoms with E-state index in [4.69, 9.17) is 0 Å². The number of aromatic nitrogens is 4. The van der Waals surface area contributed by atoms with Gasteiger partial charge in [-0.2, -0.15) is 28.2 Å². The van der Waals surface area contributed by atoms with Crippen LogP contribution in [-0.2, 0) is 13.0 Å². The highest BCUT2D eigenvalue weighted by Crippen LogP contribution is 2.26. The highest BCUT2D eigenvalue weighted by atomic mass is 19.4. The Labute approximate surface area is 153 Å². The van der Waals surface area contributed by atoms with Crippen LogP contribution in [0.25, 0.3) is 5.95 Å². The molecule has 27 heavy (non-hydrogen) atoms. The molecule has 3 aromatic rings. The lowest BCUT2D eigenvalue weighted by molar-refractivity contribution is -0.115. The van der Waals surface area contributed by atoms with Crippen LogP contribution in [0.5, 0.6) is 0 Å². The Morgan fingerprint density at radius 2 is 1.89 bits per heavy atom. The maximum atomic E-state index is 12.6. The molecule has 1 aliphatic heterocycles. The van der Waals surface area contributed by atoms with E-state index < -0.39 is 12.7 Å². The molecular formula is C18H17F3N6. The summed E-state index contributed by atoms with van der Waals surface area (Å²) in [5.41, 5.74) is 2.47. The zero-order valence-corrected chi connectivity index (χ0v) is 14.3. The van der Waals surface area contributed by atoms with Crippen LogP contribution in [0.3, 0.4) is 0 Å². The van der Waals surface area contributed by atoms with Crippen molar-refractivity contribution in [3.05, 3.63) is 59.9 Å². The van der Waals surface area contributed by atoms with Crippen molar-refractivity contribution < 1.29 is 13.2 Å². The molecule has 0 aliphatic carbocycles. The molecule has 0 amide bonds. The molecule has 4 rings (SSSR count). The third-order valence-electron chi connectivity index (χ3n) is 4.33. The number of nitrogens with zero attached hydrogens (tertiary/aromatic N) is 5. The highest BCUT2D eigenvalue weighted by Gasteiger charge is 2.27. The van der Waals surface area contributed by atoms with E-state index in [9.17, 15) is 13.2 Å². The van der Waals surface area contributed by atoms with E-state index >= 15 is 0 Å². The molecule has 6 nitrogen and oxygen atoms in total. The van der Waals surface area contributed by atoms with Gasteiger partial charge in [-0.3, -0.25) is 0 Å². The number of benzene rings is 1. The fourth-order valence-corrected chi connectivity index (χ4v) is 3.05. The fourth-order valence-electron chi connectivity index (χ4n) is 3.05. The maximum absolute atomic E-state index is 12.6. The molecule has 0 atom stereocenters. The summed E-state index contributed by atoms with van der Waals surface area (Å²) in [5, 5.41) is 6.42. The van der Waals surface area contributed by atoms with E-state index in [2.05, 4.69) is 32.5 Å². The summed E-state index contributed by atoms with van der Waals surface area (Å²) in [4.78, 5) is 10.7. The van der Waals surface area contributed by atoms with Gasteiger partial charge in [0.15, 0.2) is 0 Å². The van der Waals surface area contributed by atoms with E-state index in [-0.39, 0.29) is 11.8 Å². The zero-order chi connectivity index (χ0) is 18.9. The SMILES string of the molecule is FC(F)(F)CNc1cc(N2CCc3ccccc3C2)nc(-n2cccn2)n1. The average Bonchev–Trinajstić information content (AvgIpc) is 3.20. The summed E-state index contributed by atoms with van der Waals surface area (Å²) >= 11 is 0. The molecule has 0 radical (unpaired) electrons. The molecule has 1 aromatic carbocycles. The minimum atomic E-state index is -4.33. The lowest BCUT2D eigenvalue weighted by Gasteiger charge is -2.30. The largest absolute Gasteiger partial charge is 0.405 e. The van der Waals surface area contributed by atoms with Crippen LogP contribution < -0.4 is 10.2 Å². The van der Waals surface area contributed by atoms with Gasteiger partial charge < -0.3 is 10.2 Å². The van der Waals surface area contributed by atoms with Gasteiger partial charge in [-0.05, 0) is 23.6 Å². The summed E-state index contributed by atoms with van der Waals surface area (Å²) in [6, 6.07) is 11.4. The lowest BCUT2D eigenvalue weighted by atomic mass is 10.00. The Bertz CT molecular complexity index is 923. The van der Waals surface area contributed by atoms with E-state index in [1.165, 1.54) is 15.8 Å². The third kappa shape index (κ3) is 4.02. The Balaban J connectivity index is 1.66. The van der Waals surface area contributed by atoms with Gasteiger partial charge >= 0.3 is 6.18 Å². The summed E-state index contributed by atoms with van der Waals surface area (Å²) < 4.78 is 39.2. The smallest absolute Gasteiger partial charge is 0.361 e. The van der Waals surface area contributed by atoms with Crippen LogP contribution >= 0.6 is 0 Å². The molecule has 0 fully saturated rings. The molecular weight excluding hydrogens is 357 g/mol. The first kappa shape index (κ1) is 17.3. The van der Waals surface area contributed by atoms with Gasteiger partial charge in [0.2, 0.25) is 0 Å². The highest BCUT2D eigenvalue weighted by molar-refractivity contribution is 5.53. The topological polar surface area (TPSA) is 58.9 Å². The number of halogens is 3. The van der Waals surface area contributed by atoms with Crippen molar-refractivity contribution in [2.45, 2.75) is 19.1 Å². The van der Waals surface area contributed by atoms with Crippen LogP contribution in [0.1, 0.15) is 11.1 Å². The van der Waals surface area contributed by atoms with E-state index in [1.54, 1.807) is 24.5 Å². The average molecular weight is 374 g/mol. The predicted octanol–water partition coefficient (Wildman–Crippen LogP) is 3.20. The molecule has 0 saturated heterocycles. The number of anilines is 2. The molecule has 1 N–H and O–H groups in total. The standard InChI is InChI=1S/C18H17F3N6/c19-18(20,21)12-22-15-10-16(25-17(24-15)27-8-3-7-23-27)26-9-6-13-4-1-2-5-14(13)11-26/h1-5,7-8,10H,6,9,11-12H2,(H,22,24,25). The molecule has 0 spiro atoms. The molecule has 0 bridgehead atoms. The predicted molar refractivity (Wildman–Crippen MR) is 94.9 cm³/mol. The van der Waals surface area contributed by atoms with Crippen molar-refractivity contribution >= 4 is 11.6 Å². The summed E-state index contributed by atoms with van der Waals surface area (Å²) in [6.45, 7) is 0.209. The normalized spacial score (nSPS) is 14.1. The molecule has 9 heteroatoms. The minimum Gasteiger partial charge on any atom is -0.361 e. The van der Waals surface area contributed by atoms with Gasteiger partial charge in [0.25, 0.3) is 5.95 Å². The van der Waals surface area contributed by atoms with Gasteiger partial charge in [-0.1, -0.05) is 24.3 Å². The van der Waals surface area contributed by atoms with Crippen LogP contribution in [0.4, 0.5) is 24.8 Å². The van der Waals surface area contributed by atoms with E-state index in [1.807, 2.05) is 17.0 Å². The van der Waals surface area contributed by atoms with Crippen LogP contribution in [0.15, 0.2) is 48.8 Å². The van der Waals surface area contributed by atoms with Gasteiger partial charge in [-0.25, -0.2) is 4.68 Å². The quantitative estimate of drug-likeness (QED) is 0.760. The number of hydrogen-bond donors (Lipinski definition) is 1. The maximum Gasteiger partial charge on any atom is 0.405 e. The second kappa shape index (κ2) is 6.90. The monoisotopic (exact) mass is 374 g/mol. The lowest BCUT2D eigenvalue weighted by Crippen LogP contribution is -2.31. The van der Waals surface area contributed by atoms with Gasteiger partial charge in [0.1, 0.15) is 18.2 Å². The van der Waals surface area contributed by atoms with Crippen molar-refractivity contribution in [1.82, 2.24) is 19.7 Å². The number of alkyl halides is 3. The number of rotatable bonds is 4. The molecule has 3 heterocycles.